The molecular weight excluding hydrogens is 356 g/mol. The maximum atomic E-state index is 12.6. The fourth-order valence-electron chi connectivity index (χ4n) is 2.48. The summed E-state index contributed by atoms with van der Waals surface area (Å²) >= 11 is 6.09. The van der Waals surface area contributed by atoms with Gasteiger partial charge in [-0.2, -0.15) is 0 Å². The zero-order chi connectivity index (χ0) is 18.7. The molecule has 0 amide bonds. The van der Waals surface area contributed by atoms with Gasteiger partial charge in [-0.25, -0.2) is 4.68 Å². The molecule has 2 aromatic carbocycles. The number of H-pyrrole nitrogens is 1. The number of hydrogen-bond donors (Lipinski definition) is 1. The number of aryl methyl sites for hydroxylation is 1. The largest absolute Gasteiger partial charge is 0.295 e. The van der Waals surface area contributed by atoms with Crippen molar-refractivity contribution in [1.29, 1.82) is 0 Å². The third-order valence-corrected chi connectivity index (χ3v) is 4.24. The van der Waals surface area contributed by atoms with E-state index in [1.807, 2.05) is 18.2 Å². The van der Waals surface area contributed by atoms with Crippen LogP contribution in [0.2, 0.25) is 5.02 Å². The van der Waals surface area contributed by atoms with Crippen LogP contribution in [0.4, 0.5) is 5.69 Å². The van der Waals surface area contributed by atoms with E-state index in [0.717, 1.165) is 5.56 Å². The predicted octanol–water partition coefficient (Wildman–Crippen LogP) is 3.65. The molecule has 0 unspecified atom stereocenters. The van der Waals surface area contributed by atoms with Crippen molar-refractivity contribution >= 4 is 23.5 Å². The monoisotopic (exact) mass is 370 g/mol. The van der Waals surface area contributed by atoms with Gasteiger partial charge in [0.25, 0.3) is 11.2 Å². The van der Waals surface area contributed by atoms with Gasteiger partial charge in [-0.1, -0.05) is 29.8 Å². The van der Waals surface area contributed by atoms with E-state index >= 15 is 0 Å². The number of halogens is 1. The number of non-ortho nitro benzene ring substituents is 1. The lowest BCUT2D eigenvalue weighted by Gasteiger charge is -2.00. The summed E-state index contributed by atoms with van der Waals surface area (Å²) in [7, 11) is 0. The molecule has 0 saturated carbocycles. The highest BCUT2D eigenvalue weighted by Crippen LogP contribution is 2.16. The Bertz CT molecular complexity index is 1040. The topological polar surface area (TPSA) is 93.3 Å². The number of hydrogen-bond acceptors (Lipinski definition) is 4. The summed E-state index contributed by atoms with van der Waals surface area (Å²) in [5.41, 5.74) is 2.14. The Labute approximate surface area is 153 Å². The first-order chi connectivity index (χ1) is 12.5. The lowest BCUT2D eigenvalue weighted by atomic mass is 10.2. The highest BCUT2D eigenvalue weighted by Gasteiger charge is 2.12. The maximum absolute atomic E-state index is 12.6. The van der Waals surface area contributed by atoms with E-state index < -0.39 is 4.92 Å². The molecule has 3 aromatic rings. The molecule has 0 bridgehead atoms. The van der Waals surface area contributed by atoms with Gasteiger partial charge in [0.1, 0.15) is 0 Å². The molecule has 0 aliphatic carbocycles. The average molecular weight is 371 g/mol. The molecule has 26 heavy (non-hydrogen) atoms. The van der Waals surface area contributed by atoms with Crippen molar-refractivity contribution in [3.63, 3.8) is 0 Å². The van der Waals surface area contributed by atoms with Crippen molar-refractivity contribution in [2.45, 2.75) is 13.5 Å². The van der Waals surface area contributed by atoms with E-state index in [9.17, 15) is 14.9 Å². The second-order valence-corrected chi connectivity index (χ2v) is 6.03. The highest BCUT2D eigenvalue weighted by atomic mass is 35.5. The summed E-state index contributed by atoms with van der Waals surface area (Å²) in [6.45, 7) is 2.13. The molecule has 132 valence electrons. The van der Waals surface area contributed by atoms with Gasteiger partial charge in [0.05, 0.1) is 22.7 Å². The van der Waals surface area contributed by atoms with Crippen molar-refractivity contribution in [2.75, 3.05) is 0 Å². The Morgan fingerprint density at radius 2 is 1.92 bits per heavy atom. The van der Waals surface area contributed by atoms with Crippen LogP contribution >= 0.6 is 11.6 Å². The summed E-state index contributed by atoms with van der Waals surface area (Å²) in [6.07, 6.45) is 1.51. The molecular formula is C18H15ClN4O3. The number of aliphatic imine (C=N–C) groups is 1. The lowest BCUT2D eigenvalue weighted by molar-refractivity contribution is -0.384. The van der Waals surface area contributed by atoms with Crippen LogP contribution in [-0.2, 0) is 6.54 Å². The molecule has 8 heteroatoms. The second kappa shape index (κ2) is 7.37. The number of benzene rings is 2. The predicted molar refractivity (Wildman–Crippen MR) is 101 cm³/mol. The van der Waals surface area contributed by atoms with E-state index in [-0.39, 0.29) is 11.2 Å². The maximum Gasteiger partial charge on any atom is 0.280 e. The van der Waals surface area contributed by atoms with Crippen LogP contribution in [0.1, 0.15) is 16.8 Å². The van der Waals surface area contributed by atoms with Crippen LogP contribution in [0, 0.1) is 17.0 Å². The molecule has 0 spiro atoms. The Hall–Kier alpha value is -3.19. The van der Waals surface area contributed by atoms with Crippen molar-refractivity contribution in [1.82, 2.24) is 9.78 Å². The van der Waals surface area contributed by atoms with E-state index in [0.29, 0.717) is 28.5 Å². The Morgan fingerprint density at radius 3 is 2.58 bits per heavy atom. The number of rotatable bonds is 5. The first-order valence-corrected chi connectivity index (χ1v) is 8.15. The minimum absolute atomic E-state index is 0.0356. The summed E-state index contributed by atoms with van der Waals surface area (Å²) < 4.78 is 1.33. The van der Waals surface area contributed by atoms with E-state index in [4.69, 9.17) is 11.6 Å². The van der Waals surface area contributed by atoms with Gasteiger partial charge in [0.2, 0.25) is 0 Å². The van der Waals surface area contributed by atoms with Gasteiger partial charge >= 0.3 is 0 Å². The molecule has 0 atom stereocenters. The van der Waals surface area contributed by atoms with Crippen LogP contribution in [0.3, 0.4) is 0 Å². The quantitative estimate of drug-likeness (QED) is 0.422. The van der Waals surface area contributed by atoms with Crippen molar-refractivity contribution in [2.24, 2.45) is 4.99 Å². The Kier molecular flexibility index (Phi) is 4.99. The highest BCUT2D eigenvalue weighted by molar-refractivity contribution is 6.31. The van der Waals surface area contributed by atoms with Crippen LogP contribution in [0.5, 0.6) is 0 Å². The zero-order valence-electron chi connectivity index (χ0n) is 13.8. The normalized spacial score (nSPS) is 11.2. The third kappa shape index (κ3) is 3.57. The molecule has 1 aromatic heterocycles. The fraction of sp³-hybridized carbons (Fsp3) is 0.111. The summed E-state index contributed by atoms with van der Waals surface area (Å²) in [5.74, 6) is 0. The SMILES string of the molecule is Cc1[nH]n(-c2ccc([N+](=O)[O-])cc2)c(=O)c1C=NCc1ccccc1Cl. The number of aromatic nitrogens is 2. The standard InChI is InChI=1S/C18H15ClN4O3/c1-12-16(11-20-10-13-4-2-3-5-17(13)19)18(24)22(21-12)14-6-8-15(9-7-14)23(25)26/h2-9,11,21H,10H2,1H3. The average Bonchev–Trinajstić information content (AvgIpc) is 2.91. The van der Waals surface area contributed by atoms with Crippen molar-refractivity contribution < 1.29 is 4.92 Å². The smallest absolute Gasteiger partial charge is 0.280 e. The van der Waals surface area contributed by atoms with Gasteiger partial charge in [-0.3, -0.25) is 25.0 Å². The third-order valence-electron chi connectivity index (χ3n) is 3.88. The minimum Gasteiger partial charge on any atom is -0.295 e. The fourth-order valence-corrected chi connectivity index (χ4v) is 2.67. The van der Waals surface area contributed by atoms with Gasteiger partial charge in [0, 0.05) is 29.1 Å². The second-order valence-electron chi connectivity index (χ2n) is 5.63. The van der Waals surface area contributed by atoms with Gasteiger partial charge in [0.15, 0.2) is 0 Å². The number of nitrogens with one attached hydrogen (secondary N) is 1. The number of nitrogens with zero attached hydrogens (tertiary/aromatic N) is 3. The minimum atomic E-state index is -0.487. The summed E-state index contributed by atoms with van der Waals surface area (Å²) in [5, 5.41) is 14.3. The van der Waals surface area contributed by atoms with E-state index in [1.54, 1.807) is 13.0 Å². The zero-order valence-corrected chi connectivity index (χ0v) is 14.6. The van der Waals surface area contributed by atoms with Gasteiger partial charge in [-0.15, -0.1) is 0 Å². The molecule has 0 saturated heterocycles. The van der Waals surface area contributed by atoms with Crippen LogP contribution in [0.15, 0.2) is 58.3 Å². The number of nitro groups is 1. The molecule has 7 nitrogen and oxygen atoms in total. The number of nitro benzene ring substituents is 1. The molecule has 0 fully saturated rings. The van der Waals surface area contributed by atoms with Gasteiger partial charge < -0.3 is 0 Å². The van der Waals surface area contributed by atoms with Crippen LogP contribution in [-0.4, -0.2) is 20.9 Å². The number of aromatic amines is 1. The Balaban J connectivity index is 1.86. The van der Waals surface area contributed by atoms with E-state index in [1.165, 1.54) is 35.2 Å². The van der Waals surface area contributed by atoms with Crippen molar-refractivity contribution in [3.05, 3.63) is 90.8 Å². The van der Waals surface area contributed by atoms with Crippen LogP contribution < -0.4 is 5.56 Å². The molecule has 0 aliphatic rings. The van der Waals surface area contributed by atoms with Gasteiger partial charge in [-0.05, 0) is 30.7 Å². The summed E-state index contributed by atoms with van der Waals surface area (Å²) in [4.78, 5) is 27.2. The summed E-state index contributed by atoms with van der Waals surface area (Å²) in [6, 6.07) is 13.1. The van der Waals surface area contributed by atoms with Crippen LogP contribution in [0.25, 0.3) is 5.69 Å². The first kappa shape index (κ1) is 17.6. The van der Waals surface area contributed by atoms with E-state index in [2.05, 4.69) is 10.1 Å². The molecule has 1 heterocycles. The molecule has 1 N–H and O–H groups in total. The van der Waals surface area contributed by atoms with Crippen molar-refractivity contribution in [3.8, 4) is 5.69 Å². The molecule has 3 rings (SSSR count). The lowest BCUT2D eigenvalue weighted by Crippen LogP contribution is -2.17. The molecule has 0 radical (unpaired) electrons. The Morgan fingerprint density at radius 1 is 1.23 bits per heavy atom. The molecule has 0 aliphatic heterocycles. The first-order valence-electron chi connectivity index (χ1n) is 7.77.